The van der Waals surface area contributed by atoms with Gasteiger partial charge >= 0.3 is 0 Å². The van der Waals surface area contributed by atoms with Crippen molar-refractivity contribution in [2.75, 3.05) is 26.4 Å². The predicted octanol–water partition coefficient (Wildman–Crippen LogP) is 1.72. The maximum atomic E-state index is 13.3. The van der Waals surface area contributed by atoms with E-state index in [1.807, 2.05) is 6.92 Å². The van der Waals surface area contributed by atoms with Gasteiger partial charge in [0.05, 0.1) is 25.4 Å². The molecule has 0 spiro atoms. The van der Waals surface area contributed by atoms with Crippen molar-refractivity contribution >= 4 is 0 Å². The molecule has 0 aromatic heterocycles. The fourth-order valence-corrected chi connectivity index (χ4v) is 1.34. The van der Waals surface area contributed by atoms with Crippen LogP contribution < -0.4 is 0 Å². The predicted molar refractivity (Wildman–Crippen MR) is 66.5 cm³/mol. The first-order valence-corrected chi connectivity index (χ1v) is 5.81. The Hall–Kier alpha value is -1.41. The van der Waals surface area contributed by atoms with Crippen molar-refractivity contribution in [1.29, 1.82) is 0 Å². The van der Waals surface area contributed by atoms with Crippen LogP contribution in [0.15, 0.2) is 18.2 Å². The van der Waals surface area contributed by atoms with Crippen molar-refractivity contribution in [3.8, 4) is 11.8 Å². The molecule has 0 atom stereocenters. The van der Waals surface area contributed by atoms with Gasteiger partial charge in [-0.05, 0) is 24.6 Å². The molecule has 0 radical (unpaired) electrons. The van der Waals surface area contributed by atoms with Gasteiger partial charge in [-0.1, -0.05) is 17.9 Å². The highest BCUT2D eigenvalue weighted by atomic mass is 19.1. The van der Waals surface area contributed by atoms with E-state index in [0.29, 0.717) is 26.4 Å². The summed E-state index contributed by atoms with van der Waals surface area (Å²) in [6, 6.07) is 4.63. The SMILES string of the molecule is CCOCCOCc1ccc(F)c(C#CCO)c1. The number of rotatable bonds is 6. The highest BCUT2D eigenvalue weighted by molar-refractivity contribution is 5.38. The minimum Gasteiger partial charge on any atom is -0.384 e. The molecule has 18 heavy (non-hydrogen) atoms. The van der Waals surface area contributed by atoms with Gasteiger partial charge in [0.25, 0.3) is 0 Å². The van der Waals surface area contributed by atoms with Gasteiger partial charge in [-0.2, -0.15) is 0 Å². The second-order valence-electron chi connectivity index (χ2n) is 3.52. The fraction of sp³-hybridized carbons (Fsp3) is 0.429. The van der Waals surface area contributed by atoms with Crippen molar-refractivity contribution in [3.05, 3.63) is 35.1 Å². The molecule has 1 aromatic rings. The van der Waals surface area contributed by atoms with Crippen molar-refractivity contribution < 1.29 is 19.0 Å². The number of aliphatic hydroxyl groups is 1. The van der Waals surface area contributed by atoms with E-state index in [1.165, 1.54) is 6.07 Å². The minimum absolute atomic E-state index is 0.273. The highest BCUT2D eigenvalue weighted by Crippen LogP contribution is 2.10. The molecule has 0 unspecified atom stereocenters. The average molecular weight is 252 g/mol. The van der Waals surface area contributed by atoms with Crippen LogP contribution in [0, 0.1) is 17.7 Å². The minimum atomic E-state index is -0.394. The second-order valence-corrected chi connectivity index (χ2v) is 3.52. The third kappa shape index (κ3) is 5.28. The van der Waals surface area contributed by atoms with Gasteiger partial charge in [0.1, 0.15) is 12.4 Å². The topological polar surface area (TPSA) is 38.7 Å². The number of hydrogen-bond donors (Lipinski definition) is 1. The molecule has 0 saturated heterocycles. The van der Waals surface area contributed by atoms with Crippen molar-refractivity contribution in [2.45, 2.75) is 13.5 Å². The lowest BCUT2D eigenvalue weighted by Gasteiger charge is -2.05. The quantitative estimate of drug-likeness (QED) is 0.619. The van der Waals surface area contributed by atoms with Crippen LogP contribution in [0.1, 0.15) is 18.1 Å². The van der Waals surface area contributed by atoms with Gasteiger partial charge in [0, 0.05) is 6.61 Å². The monoisotopic (exact) mass is 252 g/mol. The van der Waals surface area contributed by atoms with Crippen LogP contribution in [0.4, 0.5) is 4.39 Å². The van der Waals surface area contributed by atoms with E-state index in [0.717, 1.165) is 5.56 Å². The molecule has 98 valence electrons. The van der Waals surface area contributed by atoms with E-state index in [4.69, 9.17) is 14.6 Å². The normalized spacial score (nSPS) is 9.94. The first kappa shape index (κ1) is 14.7. The molecule has 0 aliphatic carbocycles. The maximum Gasteiger partial charge on any atom is 0.138 e. The molecule has 4 heteroatoms. The van der Waals surface area contributed by atoms with E-state index >= 15 is 0 Å². The Morgan fingerprint density at radius 1 is 1.28 bits per heavy atom. The smallest absolute Gasteiger partial charge is 0.138 e. The zero-order valence-electron chi connectivity index (χ0n) is 10.4. The molecule has 3 nitrogen and oxygen atoms in total. The van der Waals surface area contributed by atoms with Gasteiger partial charge in [0.15, 0.2) is 0 Å². The van der Waals surface area contributed by atoms with E-state index in [-0.39, 0.29) is 12.2 Å². The summed E-state index contributed by atoms with van der Waals surface area (Å²) in [4.78, 5) is 0. The summed E-state index contributed by atoms with van der Waals surface area (Å²) in [6.07, 6.45) is 0. The summed E-state index contributed by atoms with van der Waals surface area (Å²) in [5.74, 6) is 4.59. The zero-order chi connectivity index (χ0) is 13.2. The average Bonchev–Trinajstić information content (AvgIpc) is 2.39. The Bertz CT molecular complexity index is 421. The van der Waals surface area contributed by atoms with Crippen molar-refractivity contribution in [2.24, 2.45) is 0 Å². The first-order chi connectivity index (χ1) is 8.77. The van der Waals surface area contributed by atoms with E-state index < -0.39 is 5.82 Å². The standard InChI is InChI=1S/C14H17FO3/c1-2-17-8-9-18-11-12-5-6-14(15)13(10-12)4-3-7-16/h5-6,10,16H,2,7-9,11H2,1H3. The van der Waals surface area contributed by atoms with Gasteiger partial charge in [-0.15, -0.1) is 0 Å². The van der Waals surface area contributed by atoms with Crippen LogP contribution in [-0.2, 0) is 16.1 Å². The van der Waals surface area contributed by atoms with Crippen LogP contribution in [0.2, 0.25) is 0 Å². The lowest BCUT2D eigenvalue weighted by molar-refractivity contribution is 0.0453. The van der Waals surface area contributed by atoms with Crippen LogP contribution in [0.5, 0.6) is 0 Å². The molecular weight excluding hydrogens is 235 g/mol. The molecule has 0 bridgehead atoms. The lowest BCUT2D eigenvalue weighted by atomic mass is 10.1. The van der Waals surface area contributed by atoms with Crippen LogP contribution in [-0.4, -0.2) is 31.5 Å². The summed E-state index contributed by atoms with van der Waals surface area (Å²) in [5, 5.41) is 8.58. The Morgan fingerprint density at radius 3 is 2.78 bits per heavy atom. The molecule has 0 fully saturated rings. The molecule has 1 rings (SSSR count). The largest absolute Gasteiger partial charge is 0.384 e. The summed E-state index contributed by atoms with van der Waals surface area (Å²) in [6.45, 7) is 3.75. The molecule has 0 aliphatic rings. The fourth-order valence-electron chi connectivity index (χ4n) is 1.34. The highest BCUT2D eigenvalue weighted by Gasteiger charge is 2.01. The van der Waals surface area contributed by atoms with Crippen LogP contribution >= 0.6 is 0 Å². The van der Waals surface area contributed by atoms with Crippen LogP contribution in [0.3, 0.4) is 0 Å². The lowest BCUT2D eigenvalue weighted by Crippen LogP contribution is -2.04. The van der Waals surface area contributed by atoms with E-state index in [2.05, 4.69) is 11.8 Å². The molecule has 0 heterocycles. The number of aliphatic hydroxyl groups excluding tert-OH is 1. The molecule has 0 aliphatic heterocycles. The zero-order valence-corrected chi connectivity index (χ0v) is 10.4. The van der Waals surface area contributed by atoms with Gasteiger partial charge in [-0.3, -0.25) is 0 Å². The summed E-state index contributed by atoms with van der Waals surface area (Å²) in [7, 11) is 0. The number of halogens is 1. The number of hydrogen-bond acceptors (Lipinski definition) is 3. The summed E-state index contributed by atoms with van der Waals surface area (Å²) in [5.41, 5.74) is 1.12. The first-order valence-electron chi connectivity index (χ1n) is 5.81. The Kier molecular flexibility index (Phi) is 7.04. The molecule has 0 saturated carbocycles. The summed E-state index contributed by atoms with van der Waals surface area (Å²) < 4.78 is 23.8. The number of ether oxygens (including phenoxy) is 2. The van der Waals surface area contributed by atoms with Crippen molar-refractivity contribution in [3.63, 3.8) is 0 Å². The van der Waals surface area contributed by atoms with Gasteiger partial charge < -0.3 is 14.6 Å². The van der Waals surface area contributed by atoms with Gasteiger partial charge in [-0.25, -0.2) is 4.39 Å². The van der Waals surface area contributed by atoms with Crippen LogP contribution in [0.25, 0.3) is 0 Å². The van der Waals surface area contributed by atoms with E-state index in [1.54, 1.807) is 12.1 Å². The molecule has 1 N–H and O–H groups in total. The van der Waals surface area contributed by atoms with E-state index in [9.17, 15) is 4.39 Å². The third-order valence-electron chi connectivity index (χ3n) is 2.18. The summed E-state index contributed by atoms with van der Waals surface area (Å²) >= 11 is 0. The molecule has 1 aromatic carbocycles. The number of benzene rings is 1. The molecule has 0 amide bonds. The second kappa shape index (κ2) is 8.65. The third-order valence-corrected chi connectivity index (χ3v) is 2.18. The van der Waals surface area contributed by atoms with Crippen molar-refractivity contribution in [1.82, 2.24) is 0 Å². The molecular formula is C14H17FO3. The Labute approximate surface area is 107 Å². The maximum absolute atomic E-state index is 13.3. The Balaban J connectivity index is 2.51. The van der Waals surface area contributed by atoms with Gasteiger partial charge in [0.2, 0.25) is 0 Å². The Morgan fingerprint density at radius 2 is 2.06 bits per heavy atom.